The molecule has 1 atom stereocenters. The zero-order valence-corrected chi connectivity index (χ0v) is 13.2. The van der Waals surface area contributed by atoms with Crippen LogP contribution in [-0.2, 0) is 14.6 Å². The van der Waals surface area contributed by atoms with Crippen molar-refractivity contribution >= 4 is 15.6 Å². The number of carbonyl (C=O) groups excluding carboxylic acids is 1. The number of sulfone groups is 1. The van der Waals surface area contributed by atoms with Crippen molar-refractivity contribution in [3.05, 3.63) is 29.8 Å². The fourth-order valence-electron chi connectivity index (χ4n) is 1.37. The van der Waals surface area contributed by atoms with Gasteiger partial charge in [-0.3, -0.25) is 4.79 Å². The quantitative estimate of drug-likeness (QED) is 0.878. The van der Waals surface area contributed by atoms with Crippen molar-refractivity contribution in [2.24, 2.45) is 5.41 Å². The summed E-state index contributed by atoms with van der Waals surface area (Å²) < 4.78 is 24.1. The van der Waals surface area contributed by atoms with E-state index in [2.05, 4.69) is 0 Å². The predicted octanol–water partition coefficient (Wildman–Crippen LogP) is 1.31. The van der Waals surface area contributed by atoms with E-state index in [1.807, 2.05) is 6.92 Å². The van der Waals surface area contributed by atoms with Crippen molar-refractivity contribution in [3.8, 4) is 0 Å². The molecule has 1 aromatic carbocycles. The van der Waals surface area contributed by atoms with Gasteiger partial charge in [-0.05, 0) is 19.1 Å². The topological polar surface area (TPSA) is 91.7 Å². The van der Waals surface area contributed by atoms with Gasteiger partial charge in [-0.2, -0.15) is 0 Å². The van der Waals surface area contributed by atoms with E-state index in [0.717, 1.165) is 12.7 Å². The number of aliphatic hydroxyl groups is 2. The van der Waals surface area contributed by atoms with Gasteiger partial charge in [-0.1, -0.05) is 38.5 Å². The molecule has 0 saturated heterocycles. The minimum Gasteiger partial charge on any atom is -0.400 e. The van der Waals surface area contributed by atoms with Gasteiger partial charge in [0, 0.05) is 12.5 Å². The van der Waals surface area contributed by atoms with Gasteiger partial charge < -0.3 is 10.2 Å². The summed E-state index contributed by atoms with van der Waals surface area (Å²) in [4.78, 5) is 11.8. The highest BCUT2D eigenvalue weighted by Gasteiger charge is 2.37. The molecule has 0 aromatic heterocycles. The van der Waals surface area contributed by atoms with Gasteiger partial charge in [0.05, 0.1) is 4.90 Å². The Morgan fingerprint density at radius 2 is 1.50 bits per heavy atom. The molecule has 0 fully saturated rings. The number of hydrogen-bond donors (Lipinski definition) is 2. The molecule has 114 valence electrons. The van der Waals surface area contributed by atoms with Gasteiger partial charge in [0.25, 0.3) is 0 Å². The number of hydrogen-bond acceptors (Lipinski definition) is 5. The van der Waals surface area contributed by atoms with Crippen LogP contribution in [-0.4, -0.2) is 37.0 Å². The third-order valence-electron chi connectivity index (χ3n) is 2.61. The summed E-state index contributed by atoms with van der Waals surface area (Å²) in [6, 6.07) is 6.04. The lowest BCUT2D eigenvalue weighted by Crippen LogP contribution is -2.38. The second-order valence-electron chi connectivity index (χ2n) is 5.32. The van der Waals surface area contributed by atoms with Crippen molar-refractivity contribution < 1.29 is 23.4 Å². The Kier molecular flexibility index (Phi) is 6.53. The fraction of sp³-hybridized carbons (Fsp3) is 0.500. The molecule has 0 saturated carbocycles. The molecule has 0 bridgehead atoms. The second-order valence-corrected chi connectivity index (χ2v) is 7.33. The first-order valence-electron chi connectivity index (χ1n) is 6.04. The van der Waals surface area contributed by atoms with E-state index in [1.54, 1.807) is 32.9 Å². The predicted molar refractivity (Wildman–Crippen MR) is 77.0 cm³/mol. The van der Waals surface area contributed by atoms with Crippen molar-refractivity contribution in [3.63, 3.8) is 0 Å². The summed E-state index contributed by atoms with van der Waals surface area (Å²) in [5, 5.41) is 16.8. The van der Waals surface area contributed by atoms with Crippen molar-refractivity contribution in [1.82, 2.24) is 0 Å². The van der Waals surface area contributed by atoms with Gasteiger partial charge in [0.15, 0.2) is 5.78 Å². The maximum atomic E-state index is 12.1. The molecule has 1 unspecified atom stereocenters. The Morgan fingerprint density at radius 3 is 1.85 bits per heavy atom. The van der Waals surface area contributed by atoms with E-state index in [-0.39, 0.29) is 4.90 Å². The molecule has 0 amide bonds. The highest BCUT2D eigenvalue weighted by molar-refractivity contribution is 7.92. The van der Waals surface area contributed by atoms with Crippen molar-refractivity contribution in [1.29, 1.82) is 0 Å². The summed E-state index contributed by atoms with van der Waals surface area (Å²) in [6.45, 7) is 6.54. The van der Waals surface area contributed by atoms with Crippen LogP contribution in [0.1, 0.15) is 26.3 Å². The summed E-state index contributed by atoms with van der Waals surface area (Å²) in [5.74, 6) is -0.705. The molecule has 0 aliphatic carbocycles. The Bertz CT molecular complexity index is 538. The number of aliphatic hydroxyl groups excluding tert-OH is 2. The van der Waals surface area contributed by atoms with Gasteiger partial charge in [-0.25, -0.2) is 8.42 Å². The van der Waals surface area contributed by atoms with E-state index < -0.39 is 26.5 Å². The summed E-state index contributed by atoms with van der Waals surface area (Å²) in [7, 11) is -3.03. The van der Waals surface area contributed by atoms with Crippen LogP contribution in [0.15, 0.2) is 29.2 Å². The average Bonchev–Trinajstić information content (AvgIpc) is 2.38. The maximum Gasteiger partial charge on any atom is 0.219 e. The maximum absolute atomic E-state index is 12.1. The third-order valence-corrected chi connectivity index (χ3v) is 4.34. The summed E-state index contributed by atoms with van der Waals surface area (Å²) in [5.41, 5.74) is -2.01. The summed E-state index contributed by atoms with van der Waals surface area (Å²) in [6.07, 6.45) is 0. The molecule has 0 aliphatic heterocycles. The van der Waals surface area contributed by atoms with E-state index in [4.69, 9.17) is 5.11 Å². The number of ketones is 1. The average molecular weight is 302 g/mol. The largest absolute Gasteiger partial charge is 0.400 e. The van der Waals surface area contributed by atoms with Crippen molar-refractivity contribution in [2.45, 2.75) is 38.0 Å². The minimum atomic E-state index is -4.03. The molecule has 1 rings (SSSR count). The highest BCUT2D eigenvalue weighted by atomic mass is 32.2. The first-order chi connectivity index (χ1) is 9.06. The Hall–Kier alpha value is -1.24. The third kappa shape index (κ3) is 4.40. The van der Waals surface area contributed by atoms with Crippen LogP contribution in [0.25, 0.3) is 0 Å². The van der Waals surface area contributed by atoms with Crippen molar-refractivity contribution in [2.75, 3.05) is 7.11 Å². The van der Waals surface area contributed by atoms with Gasteiger partial charge >= 0.3 is 0 Å². The molecule has 0 aliphatic rings. The van der Waals surface area contributed by atoms with Crippen LogP contribution < -0.4 is 0 Å². The first kappa shape index (κ1) is 18.8. The molecule has 6 heteroatoms. The zero-order valence-electron chi connectivity index (χ0n) is 12.4. The van der Waals surface area contributed by atoms with Crippen LogP contribution in [0.2, 0.25) is 0 Å². The molecule has 0 spiro atoms. The van der Waals surface area contributed by atoms with Crippen LogP contribution >= 0.6 is 0 Å². The Balaban J connectivity index is 0.00000172. The molecule has 0 heterocycles. The van der Waals surface area contributed by atoms with Gasteiger partial charge in [0.2, 0.25) is 15.3 Å². The Morgan fingerprint density at radius 1 is 1.10 bits per heavy atom. The molecule has 20 heavy (non-hydrogen) atoms. The number of carbonyl (C=O) groups is 1. The van der Waals surface area contributed by atoms with Crippen LogP contribution in [0.4, 0.5) is 0 Å². The Labute approximate surface area is 120 Å². The monoisotopic (exact) mass is 302 g/mol. The number of benzene rings is 1. The van der Waals surface area contributed by atoms with E-state index in [9.17, 15) is 18.3 Å². The second kappa shape index (κ2) is 6.97. The number of rotatable bonds is 3. The lowest BCUT2D eigenvalue weighted by molar-refractivity contribution is -0.131. The molecular weight excluding hydrogens is 280 g/mol. The van der Waals surface area contributed by atoms with Crippen LogP contribution in [0, 0.1) is 12.3 Å². The van der Waals surface area contributed by atoms with Crippen LogP contribution in [0.3, 0.4) is 0 Å². The molecule has 1 aromatic rings. The smallest absolute Gasteiger partial charge is 0.219 e. The highest BCUT2D eigenvalue weighted by Crippen LogP contribution is 2.23. The molecular formula is C14H22O5S. The number of aryl methyl sites for hydroxylation is 1. The normalized spacial score (nSPS) is 13.2. The standard InChI is InChI=1S/C13H18O4S.CH4O/c1-9-5-7-10(8-6-9)18(16,17)12(15)11(14)13(2,3)4;1-2/h5-8,12,15H,1-4H3;2H,1H3. The van der Waals surface area contributed by atoms with Crippen LogP contribution in [0.5, 0.6) is 0 Å². The lowest BCUT2D eigenvalue weighted by atomic mass is 9.91. The van der Waals surface area contributed by atoms with E-state index >= 15 is 0 Å². The zero-order chi connectivity index (χ0) is 16.1. The SMILES string of the molecule is CO.Cc1ccc(S(=O)(=O)C(O)C(=O)C(C)(C)C)cc1. The number of Topliss-reactive ketones (excluding diaryl/α,β-unsaturated/α-hetero) is 1. The minimum absolute atomic E-state index is 0.0433. The molecule has 5 nitrogen and oxygen atoms in total. The first-order valence-corrected chi connectivity index (χ1v) is 7.59. The molecule has 2 N–H and O–H groups in total. The fourth-order valence-corrected chi connectivity index (χ4v) is 2.78. The van der Waals surface area contributed by atoms with Gasteiger partial charge in [0.1, 0.15) is 0 Å². The van der Waals surface area contributed by atoms with E-state index in [0.29, 0.717) is 0 Å². The molecule has 0 radical (unpaired) electrons. The lowest BCUT2D eigenvalue weighted by Gasteiger charge is -2.20. The summed E-state index contributed by atoms with van der Waals surface area (Å²) >= 11 is 0. The van der Waals surface area contributed by atoms with E-state index in [1.165, 1.54) is 12.1 Å². The van der Waals surface area contributed by atoms with Gasteiger partial charge in [-0.15, -0.1) is 0 Å².